The van der Waals surface area contributed by atoms with Gasteiger partial charge in [-0.15, -0.1) is 0 Å². The maximum absolute atomic E-state index is 12.6. The number of likely N-dealkylation sites (tertiary alicyclic amines) is 1. The topological polar surface area (TPSA) is 69.6 Å². The lowest BCUT2D eigenvalue weighted by Crippen LogP contribution is -2.44. The van der Waals surface area contributed by atoms with E-state index < -0.39 is 12.0 Å². The van der Waals surface area contributed by atoms with Crippen LogP contribution in [0.2, 0.25) is 0 Å². The third kappa shape index (κ3) is 3.96. The van der Waals surface area contributed by atoms with E-state index in [1.807, 2.05) is 18.2 Å². The van der Waals surface area contributed by atoms with Crippen LogP contribution in [0.4, 0.5) is 0 Å². The summed E-state index contributed by atoms with van der Waals surface area (Å²) in [5, 5.41) is 12.4. The van der Waals surface area contributed by atoms with Crippen LogP contribution in [0.5, 0.6) is 0 Å². The lowest BCUT2D eigenvalue weighted by Gasteiger charge is -2.27. The Labute approximate surface area is 143 Å². The Morgan fingerprint density at radius 1 is 1.12 bits per heavy atom. The fraction of sp³-hybridized carbons (Fsp3) is 0.579. The summed E-state index contributed by atoms with van der Waals surface area (Å²) in [4.78, 5) is 25.6. The van der Waals surface area contributed by atoms with Crippen molar-refractivity contribution in [1.82, 2.24) is 10.2 Å². The molecule has 1 aliphatic carbocycles. The lowest BCUT2D eigenvalue weighted by molar-refractivity contribution is -0.142. The van der Waals surface area contributed by atoms with Gasteiger partial charge in [0.05, 0.1) is 12.6 Å². The summed E-state index contributed by atoms with van der Waals surface area (Å²) < 4.78 is 0. The van der Waals surface area contributed by atoms with Gasteiger partial charge in [-0.1, -0.05) is 43.2 Å². The van der Waals surface area contributed by atoms with Crippen LogP contribution in [0, 0.1) is 5.92 Å². The molecule has 0 aromatic heterocycles. The van der Waals surface area contributed by atoms with Crippen LogP contribution in [-0.4, -0.2) is 41.0 Å². The third-order valence-electron chi connectivity index (χ3n) is 5.34. The van der Waals surface area contributed by atoms with E-state index >= 15 is 0 Å². The number of hydrogen-bond acceptors (Lipinski definition) is 3. The van der Waals surface area contributed by atoms with Gasteiger partial charge in [-0.2, -0.15) is 0 Å². The van der Waals surface area contributed by atoms with Gasteiger partial charge < -0.3 is 10.4 Å². The first kappa shape index (κ1) is 17.0. The van der Waals surface area contributed by atoms with Crippen molar-refractivity contribution in [2.75, 3.05) is 13.1 Å². The maximum atomic E-state index is 12.6. The van der Waals surface area contributed by atoms with E-state index in [0.29, 0.717) is 18.9 Å². The van der Waals surface area contributed by atoms with E-state index in [0.717, 1.165) is 24.8 Å². The lowest BCUT2D eigenvalue weighted by atomic mass is 9.91. The number of rotatable bonds is 6. The number of benzene rings is 1. The minimum absolute atomic E-state index is 0.0343. The predicted octanol–water partition coefficient (Wildman–Crippen LogP) is 2.58. The van der Waals surface area contributed by atoms with Crippen LogP contribution in [0.1, 0.15) is 50.1 Å². The van der Waals surface area contributed by atoms with E-state index in [1.54, 1.807) is 4.90 Å². The molecule has 1 amide bonds. The molecule has 0 unspecified atom stereocenters. The summed E-state index contributed by atoms with van der Waals surface area (Å²) in [6.45, 7) is 0.858. The smallest absolute Gasteiger partial charge is 0.320 e. The second-order valence-corrected chi connectivity index (χ2v) is 6.97. The summed E-state index contributed by atoms with van der Waals surface area (Å²) in [6, 6.07) is 9.65. The highest BCUT2D eigenvalue weighted by atomic mass is 16.4. The number of amides is 1. The number of carbonyl (C=O) groups is 2. The highest BCUT2D eigenvalue weighted by Crippen LogP contribution is 2.35. The number of carbonyl (C=O) groups excluding carboxylic acids is 1. The number of aliphatic carboxylic acids is 1. The minimum Gasteiger partial charge on any atom is -0.480 e. The molecular formula is C19H26N2O3. The molecule has 1 saturated heterocycles. The monoisotopic (exact) mass is 330 g/mol. The molecule has 2 aliphatic rings. The van der Waals surface area contributed by atoms with Gasteiger partial charge in [0.1, 0.15) is 6.04 Å². The van der Waals surface area contributed by atoms with Gasteiger partial charge >= 0.3 is 5.97 Å². The summed E-state index contributed by atoms with van der Waals surface area (Å²) >= 11 is 0. The SMILES string of the molecule is O=C(CN1CCC[C@@H]1C(=O)O)N[C@H](c1ccccc1)C1CCCC1. The van der Waals surface area contributed by atoms with Crippen molar-refractivity contribution in [1.29, 1.82) is 0 Å². The molecule has 0 bridgehead atoms. The zero-order chi connectivity index (χ0) is 16.9. The molecule has 1 heterocycles. The van der Waals surface area contributed by atoms with Crippen molar-refractivity contribution in [2.45, 2.75) is 50.6 Å². The number of carboxylic acids is 1. The van der Waals surface area contributed by atoms with Crippen LogP contribution in [0.3, 0.4) is 0 Å². The molecule has 2 N–H and O–H groups in total. The van der Waals surface area contributed by atoms with Crippen LogP contribution >= 0.6 is 0 Å². The van der Waals surface area contributed by atoms with E-state index in [1.165, 1.54) is 12.8 Å². The molecule has 0 radical (unpaired) electrons. The Hall–Kier alpha value is -1.88. The van der Waals surface area contributed by atoms with E-state index in [9.17, 15) is 14.7 Å². The van der Waals surface area contributed by atoms with Crippen molar-refractivity contribution in [3.8, 4) is 0 Å². The first-order valence-electron chi connectivity index (χ1n) is 8.96. The third-order valence-corrected chi connectivity index (χ3v) is 5.34. The Morgan fingerprint density at radius 3 is 2.50 bits per heavy atom. The molecule has 1 aromatic rings. The second kappa shape index (κ2) is 7.79. The van der Waals surface area contributed by atoms with E-state index in [2.05, 4.69) is 17.4 Å². The highest BCUT2D eigenvalue weighted by Gasteiger charge is 2.33. The number of nitrogens with zero attached hydrogens (tertiary/aromatic N) is 1. The molecule has 1 aliphatic heterocycles. The van der Waals surface area contributed by atoms with Crippen molar-refractivity contribution in [3.05, 3.63) is 35.9 Å². The molecule has 2 fully saturated rings. The molecule has 2 atom stereocenters. The van der Waals surface area contributed by atoms with Crippen molar-refractivity contribution < 1.29 is 14.7 Å². The van der Waals surface area contributed by atoms with Gasteiger partial charge in [-0.05, 0) is 43.7 Å². The Kier molecular flexibility index (Phi) is 5.51. The normalized spacial score (nSPS) is 23.2. The predicted molar refractivity (Wildman–Crippen MR) is 91.5 cm³/mol. The average Bonchev–Trinajstić information content (AvgIpc) is 3.25. The summed E-state index contributed by atoms with van der Waals surface area (Å²) in [7, 11) is 0. The molecule has 5 heteroatoms. The molecule has 1 aromatic carbocycles. The molecule has 130 valence electrons. The van der Waals surface area contributed by atoms with E-state index in [4.69, 9.17) is 0 Å². The Bertz CT molecular complexity index is 569. The first-order valence-corrected chi connectivity index (χ1v) is 8.96. The molecule has 3 rings (SSSR count). The zero-order valence-electron chi connectivity index (χ0n) is 14.0. The van der Waals surface area contributed by atoms with Crippen LogP contribution in [0.15, 0.2) is 30.3 Å². The fourth-order valence-corrected chi connectivity index (χ4v) is 4.12. The molecular weight excluding hydrogens is 304 g/mol. The van der Waals surface area contributed by atoms with Gasteiger partial charge in [0.15, 0.2) is 0 Å². The van der Waals surface area contributed by atoms with Gasteiger partial charge in [0.25, 0.3) is 0 Å². The van der Waals surface area contributed by atoms with Crippen molar-refractivity contribution in [3.63, 3.8) is 0 Å². The quantitative estimate of drug-likeness (QED) is 0.841. The summed E-state index contributed by atoms with van der Waals surface area (Å²) in [5.74, 6) is -0.412. The van der Waals surface area contributed by atoms with Crippen molar-refractivity contribution in [2.24, 2.45) is 5.92 Å². The van der Waals surface area contributed by atoms with Crippen molar-refractivity contribution >= 4 is 11.9 Å². The van der Waals surface area contributed by atoms with Gasteiger partial charge in [-0.3, -0.25) is 14.5 Å². The molecule has 1 saturated carbocycles. The van der Waals surface area contributed by atoms with E-state index in [-0.39, 0.29) is 18.5 Å². The van der Waals surface area contributed by atoms with Gasteiger partial charge in [0, 0.05) is 0 Å². The van der Waals surface area contributed by atoms with Gasteiger partial charge in [-0.25, -0.2) is 0 Å². The standard InChI is InChI=1S/C19H26N2O3/c22-17(13-21-12-6-11-16(21)19(23)24)20-18(15-9-4-5-10-15)14-7-2-1-3-8-14/h1-3,7-8,15-16,18H,4-6,9-13H2,(H,20,22)(H,23,24)/t16-,18-/m1/s1. The zero-order valence-corrected chi connectivity index (χ0v) is 14.0. The Balaban J connectivity index is 1.66. The number of nitrogens with one attached hydrogen (secondary N) is 1. The fourth-order valence-electron chi connectivity index (χ4n) is 4.12. The highest BCUT2D eigenvalue weighted by molar-refractivity contribution is 5.80. The first-order chi connectivity index (χ1) is 11.6. The molecule has 24 heavy (non-hydrogen) atoms. The summed E-state index contributed by atoms with van der Waals surface area (Å²) in [5.41, 5.74) is 1.15. The van der Waals surface area contributed by atoms with Gasteiger partial charge in [0.2, 0.25) is 5.91 Å². The van der Waals surface area contributed by atoms with Crippen LogP contribution < -0.4 is 5.32 Å². The number of carboxylic acid groups (broad SMARTS) is 1. The maximum Gasteiger partial charge on any atom is 0.320 e. The second-order valence-electron chi connectivity index (χ2n) is 6.97. The molecule has 0 spiro atoms. The van der Waals surface area contributed by atoms with Crippen LogP contribution in [-0.2, 0) is 9.59 Å². The Morgan fingerprint density at radius 2 is 1.83 bits per heavy atom. The minimum atomic E-state index is -0.823. The van der Waals surface area contributed by atoms with Crippen LogP contribution in [0.25, 0.3) is 0 Å². The average molecular weight is 330 g/mol. The summed E-state index contributed by atoms with van der Waals surface area (Å²) in [6.07, 6.45) is 6.19. The molecule has 5 nitrogen and oxygen atoms in total. The largest absolute Gasteiger partial charge is 0.480 e. The number of hydrogen-bond donors (Lipinski definition) is 2.